The fourth-order valence-corrected chi connectivity index (χ4v) is 4.48. The Kier molecular flexibility index (Phi) is 4.58. The van der Waals surface area contributed by atoms with Crippen molar-refractivity contribution in [3.8, 4) is 0 Å². The van der Waals surface area contributed by atoms with Crippen LogP contribution < -0.4 is 11.1 Å². The van der Waals surface area contributed by atoms with Gasteiger partial charge in [-0.25, -0.2) is 4.68 Å². The predicted molar refractivity (Wildman–Crippen MR) is 99.3 cm³/mol. The maximum atomic E-state index is 12.6. The molecular formula is C18H24N4O3S. The van der Waals surface area contributed by atoms with E-state index in [1.807, 2.05) is 13.8 Å². The molecule has 2 aliphatic heterocycles. The Hall–Kier alpha value is -1.77. The normalized spacial score (nSPS) is 23.0. The van der Waals surface area contributed by atoms with Gasteiger partial charge in [-0.3, -0.25) is 19.1 Å². The van der Waals surface area contributed by atoms with Crippen molar-refractivity contribution in [1.29, 1.82) is 0 Å². The number of hydrogen-bond acceptors (Lipinski definition) is 6. The summed E-state index contributed by atoms with van der Waals surface area (Å²) in [6, 6.07) is 2.14. The van der Waals surface area contributed by atoms with Gasteiger partial charge in [0.2, 0.25) is 0 Å². The highest BCUT2D eigenvalue weighted by Crippen LogP contribution is 2.32. The summed E-state index contributed by atoms with van der Waals surface area (Å²) in [4.78, 5) is 27.3. The molecule has 2 aromatic rings. The van der Waals surface area contributed by atoms with E-state index in [4.69, 9.17) is 4.74 Å². The molecular weight excluding hydrogens is 352 g/mol. The third-order valence-electron chi connectivity index (χ3n) is 5.08. The zero-order valence-corrected chi connectivity index (χ0v) is 16.0. The summed E-state index contributed by atoms with van der Waals surface area (Å²) < 4.78 is 9.01. The van der Waals surface area contributed by atoms with Crippen molar-refractivity contribution in [3.63, 3.8) is 0 Å². The van der Waals surface area contributed by atoms with E-state index in [9.17, 15) is 9.59 Å². The maximum absolute atomic E-state index is 12.6. The highest BCUT2D eigenvalue weighted by Gasteiger charge is 2.43. The molecule has 2 aliphatic rings. The highest BCUT2D eigenvalue weighted by molar-refractivity contribution is 7.07. The summed E-state index contributed by atoms with van der Waals surface area (Å²) >= 11 is 1.70. The molecule has 0 N–H and O–H groups in total. The lowest BCUT2D eigenvalue weighted by molar-refractivity contribution is -0.0859. The van der Waals surface area contributed by atoms with Crippen LogP contribution in [0.2, 0.25) is 0 Å². The molecule has 1 saturated heterocycles. The largest absolute Gasteiger partial charge is 0.364 e. The number of thiophene rings is 1. The SMILES string of the molecule is CC(C)Cn1nc2n(c(=O)c1=O)CC1(CCN(Cc3ccsc3)C1)OC2. The van der Waals surface area contributed by atoms with Crippen LogP contribution in [0.4, 0.5) is 0 Å². The third kappa shape index (κ3) is 3.28. The van der Waals surface area contributed by atoms with Crippen LogP contribution in [0.25, 0.3) is 0 Å². The van der Waals surface area contributed by atoms with Crippen LogP contribution in [0, 0.1) is 5.92 Å². The Morgan fingerprint density at radius 2 is 2.15 bits per heavy atom. The van der Waals surface area contributed by atoms with E-state index in [1.54, 1.807) is 11.3 Å². The summed E-state index contributed by atoms with van der Waals surface area (Å²) in [5, 5.41) is 8.62. The smallest absolute Gasteiger partial charge is 0.332 e. The molecule has 140 valence electrons. The Morgan fingerprint density at radius 3 is 2.88 bits per heavy atom. The van der Waals surface area contributed by atoms with Gasteiger partial charge in [-0.05, 0) is 34.7 Å². The Labute approximate surface area is 155 Å². The molecule has 0 aliphatic carbocycles. The molecule has 1 fully saturated rings. The van der Waals surface area contributed by atoms with Crippen LogP contribution in [0.3, 0.4) is 0 Å². The molecule has 0 amide bonds. The molecule has 0 radical (unpaired) electrons. The second-order valence-electron chi connectivity index (χ2n) is 7.75. The summed E-state index contributed by atoms with van der Waals surface area (Å²) in [5.74, 6) is 0.802. The van der Waals surface area contributed by atoms with Gasteiger partial charge in [0.05, 0.1) is 6.54 Å². The van der Waals surface area contributed by atoms with Crippen LogP contribution >= 0.6 is 11.3 Å². The number of ether oxygens (including phenoxy) is 1. The average molecular weight is 376 g/mol. The molecule has 26 heavy (non-hydrogen) atoms. The average Bonchev–Trinajstić information content (AvgIpc) is 3.24. The van der Waals surface area contributed by atoms with Crippen LogP contribution in [0.5, 0.6) is 0 Å². The Balaban J connectivity index is 1.55. The van der Waals surface area contributed by atoms with Crippen molar-refractivity contribution in [1.82, 2.24) is 19.2 Å². The summed E-state index contributed by atoms with van der Waals surface area (Å²) in [6.45, 7) is 7.72. The standard InChI is InChI=1S/C18H24N4O3S/c1-13(2)7-22-17(24)16(23)21-12-18(25-9-15(21)19-22)4-5-20(11-18)8-14-3-6-26-10-14/h3,6,10,13H,4-5,7-9,11-12H2,1-2H3. The first-order chi connectivity index (χ1) is 12.5. The number of nitrogens with zero attached hydrogens (tertiary/aromatic N) is 4. The lowest BCUT2D eigenvalue weighted by Gasteiger charge is -2.35. The van der Waals surface area contributed by atoms with Gasteiger partial charge in [-0.2, -0.15) is 16.4 Å². The minimum absolute atomic E-state index is 0.249. The van der Waals surface area contributed by atoms with Gasteiger partial charge in [0.25, 0.3) is 0 Å². The van der Waals surface area contributed by atoms with Crippen LogP contribution in [-0.4, -0.2) is 37.9 Å². The zero-order chi connectivity index (χ0) is 18.3. The van der Waals surface area contributed by atoms with Crippen molar-refractivity contribution in [2.45, 2.75) is 52.1 Å². The van der Waals surface area contributed by atoms with Gasteiger partial charge in [-0.15, -0.1) is 0 Å². The number of rotatable bonds is 4. The molecule has 4 rings (SSSR count). The minimum Gasteiger partial charge on any atom is -0.364 e. The van der Waals surface area contributed by atoms with E-state index in [2.05, 4.69) is 26.8 Å². The summed E-state index contributed by atoms with van der Waals surface area (Å²) in [5.41, 5.74) is -0.105. The molecule has 0 bridgehead atoms. The molecule has 1 atom stereocenters. The molecule has 2 aromatic heterocycles. The lowest BCUT2D eigenvalue weighted by Crippen LogP contribution is -2.53. The molecule has 1 unspecified atom stereocenters. The van der Waals surface area contributed by atoms with Crippen molar-refractivity contribution in [2.75, 3.05) is 13.1 Å². The van der Waals surface area contributed by atoms with E-state index >= 15 is 0 Å². The summed E-state index contributed by atoms with van der Waals surface area (Å²) in [7, 11) is 0. The zero-order valence-electron chi connectivity index (χ0n) is 15.2. The first-order valence-electron chi connectivity index (χ1n) is 9.04. The lowest BCUT2D eigenvalue weighted by atomic mass is 10.0. The molecule has 1 spiro atoms. The Morgan fingerprint density at radius 1 is 1.31 bits per heavy atom. The highest BCUT2D eigenvalue weighted by atomic mass is 32.1. The van der Waals surface area contributed by atoms with E-state index in [0.29, 0.717) is 18.9 Å². The van der Waals surface area contributed by atoms with Crippen molar-refractivity contribution >= 4 is 11.3 Å². The van der Waals surface area contributed by atoms with Gasteiger partial charge in [-0.1, -0.05) is 13.8 Å². The quantitative estimate of drug-likeness (QED) is 0.753. The van der Waals surface area contributed by atoms with E-state index in [-0.39, 0.29) is 12.5 Å². The third-order valence-corrected chi connectivity index (χ3v) is 5.82. The van der Waals surface area contributed by atoms with Crippen molar-refractivity contribution in [2.24, 2.45) is 5.92 Å². The molecule has 8 heteroatoms. The minimum atomic E-state index is -0.535. The van der Waals surface area contributed by atoms with Crippen LogP contribution in [0.15, 0.2) is 26.4 Å². The fourth-order valence-electron chi connectivity index (χ4n) is 3.82. The van der Waals surface area contributed by atoms with Gasteiger partial charge in [0.1, 0.15) is 12.2 Å². The first-order valence-corrected chi connectivity index (χ1v) is 9.98. The number of hydrogen-bond donors (Lipinski definition) is 0. The molecule has 0 aromatic carbocycles. The van der Waals surface area contributed by atoms with E-state index in [0.717, 1.165) is 26.1 Å². The van der Waals surface area contributed by atoms with E-state index in [1.165, 1.54) is 14.8 Å². The topological polar surface area (TPSA) is 69.4 Å². The Bertz CT molecular complexity index is 902. The fraction of sp³-hybridized carbons (Fsp3) is 0.611. The summed E-state index contributed by atoms with van der Waals surface area (Å²) in [6.07, 6.45) is 0.859. The van der Waals surface area contributed by atoms with Gasteiger partial charge in [0, 0.05) is 26.2 Å². The second-order valence-corrected chi connectivity index (χ2v) is 8.53. The number of fused-ring (bicyclic) bond motifs is 1. The number of likely N-dealkylation sites (tertiary alicyclic amines) is 1. The molecule has 0 saturated carbocycles. The van der Waals surface area contributed by atoms with Crippen LogP contribution in [0.1, 0.15) is 31.7 Å². The van der Waals surface area contributed by atoms with Gasteiger partial charge < -0.3 is 4.74 Å². The monoisotopic (exact) mass is 376 g/mol. The maximum Gasteiger partial charge on any atom is 0.332 e. The van der Waals surface area contributed by atoms with Crippen molar-refractivity contribution in [3.05, 3.63) is 48.9 Å². The van der Waals surface area contributed by atoms with E-state index < -0.39 is 16.7 Å². The molecule has 7 nitrogen and oxygen atoms in total. The number of aromatic nitrogens is 3. The van der Waals surface area contributed by atoms with Gasteiger partial charge >= 0.3 is 11.1 Å². The first kappa shape index (κ1) is 17.6. The van der Waals surface area contributed by atoms with Crippen LogP contribution in [-0.2, 0) is 31.0 Å². The molecule has 4 heterocycles. The predicted octanol–water partition coefficient (Wildman–Crippen LogP) is 1.30. The second kappa shape index (κ2) is 6.75. The van der Waals surface area contributed by atoms with Gasteiger partial charge in [0.15, 0.2) is 5.82 Å². The van der Waals surface area contributed by atoms with Crippen molar-refractivity contribution < 1.29 is 4.74 Å².